The number of aromatic amines is 1. The van der Waals surface area contributed by atoms with E-state index < -0.39 is 0 Å². The first-order valence-corrected chi connectivity index (χ1v) is 6.67. The van der Waals surface area contributed by atoms with E-state index in [2.05, 4.69) is 4.98 Å². The van der Waals surface area contributed by atoms with Gasteiger partial charge in [-0.25, -0.2) is 0 Å². The molecule has 0 aliphatic heterocycles. The number of fused-ring (bicyclic) bond motifs is 3. The molecule has 1 aromatic carbocycles. The fraction of sp³-hybridized carbons (Fsp3) is 0.429. The first kappa shape index (κ1) is 11.9. The van der Waals surface area contributed by atoms with Gasteiger partial charge in [0, 0.05) is 16.6 Å². The lowest BCUT2D eigenvalue weighted by atomic mass is 9.86. The number of hydrogen-bond donors (Lipinski definition) is 2. The van der Waals surface area contributed by atoms with Gasteiger partial charge in [-0.15, -0.1) is 0 Å². The van der Waals surface area contributed by atoms with Crippen molar-refractivity contribution >= 4 is 22.5 Å². The van der Waals surface area contributed by atoms with Crippen LogP contribution in [0.5, 0.6) is 5.75 Å². The molecule has 1 aliphatic carbocycles. The van der Waals surface area contributed by atoms with Crippen molar-refractivity contribution in [2.24, 2.45) is 11.7 Å². The predicted octanol–water partition coefficient (Wildman–Crippen LogP) is 2.89. The first-order valence-electron chi connectivity index (χ1n) is 6.30. The van der Waals surface area contributed by atoms with Gasteiger partial charge < -0.3 is 15.5 Å². The highest BCUT2D eigenvalue weighted by Crippen LogP contribution is 2.36. The van der Waals surface area contributed by atoms with Crippen LogP contribution < -0.4 is 10.5 Å². The average Bonchev–Trinajstić information content (AvgIpc) is 2.73. The van der Waals surface area contributed by atoms with Crippen LogP contribution >= 0.6 is 11.6 Å². The fourth-order valence-corrected chi connectivity index (χ4v) is 3.09. The minimum atomic E-state index is 0.596. The molecule has 18 heavy (non-hydrogen) atoms. The lowest BCUT2D eigenvalue weighted by Crippen LogP contribution is -2.21. The van der Waals surface area contributed by atoms with Gasteiger partial charge >= 0.3 is 0 Å². The Labute approximate surface area is 111 Å². The van der Waals surface area contributed by atoms with Gasteiger partial charge in [0.25, 0.3) is 0 Å². The molecule has 2 aromatic rings. The molecule has 0 radical (unpaired) electrons. The van der Waals surface area contributed by atoms with Gasteiger partial charge in [0.1, 0.15) is 5.75 Å². The molecule has 3 N–H and O–H groups in total. The minimum Gasteiger partial charge on any atom is -0.495 e. The Morgan fingerprint density at radius 2 is 2.33 bits per heavy atom. The van der Waals surface area contributed by atoms with Crippen LogP contribution in [0.4, 0.5) is 0 Å². The first-order chi connectivity index (χ1) is 8.72. The quantitative estimate of drug-likeness (QED) is 0.876. The van der Waals surface area contributed by atoms with E-state index in [1.807, 2.05) is 12.1 Å². The van der Waals surface area contributed by atoms with Gasteiger partial charge in [-0.05, 0) is 49.4 Å². The molecule has 0 saturated heterocycles. The molecule has 0 spiro atoms. The Hall–Kier alpha value is -1.19. The second kappa shape index (κ2) is 4.48. The summed E-state index contributed by atoms with van der Waals surface area (Å²) in [5.74, 6) is 1.33. The van der Waals surface area contributed by atoms with Crippen LogP contribution in [0.1, 0.15) is 17.7 Å². The maximum Gasteiger partial charge on any atom is 0.138 e. The summed E-state index contributed by atoms with van der Waals surface area (Å²) in [6.45, 7) is 0.761. The maximum atomic E-state index is 6.16. The van der Waals surface area contributed by atoms with Crippen molar-refractivity contribution in [3.63, 3.8) is 0 Å². The summed E-state index contributed by atoms with van der Waals surface area (Å²) >= 11 is 6.16. The second-order valence-electron chi connectivity index (χ2n) is 4.96. The normalized spacial score (nSPS) is 18.9. The van der Waals surface area contributed by atoms with E-state index in [0.717, 1.165) is 30.7 Å². The Morgan fingerprint density at radius 3 is 3.06 bits per heavy atom. The third kappa shape index (κ3) is 1.78. The highest BCUT2D eigenvalue weighted by molar-refractivity contribution is 6.32. The molecule has 1 heterocycles. The Balaban J connectivity index is 2.15. The van der Waals surface area contributed by atoms with E-state index in [0.29, 0.717) is 10.9 Å². The lowest BCUT2D eigenvalue weighted by Gasteiger charge is -2.20. The molecule has 4 heteroatoms. The van der Waals surface area contributed by atoms with Gasteiger partial charge in [0.05, 0.1) is 12.1 Å². The van der Waals surface area contributed by atoms with Crippen LogP contribution in [0.15, 0.2) is 12.1 Å². The molecular formula is C14H17ClN2O. The Bertz CT molecular complexity index is 591. The van der Waals surface area contributed by atoms with E-state index in [-0.39, 0.29) is 0 Å². The van der Waals surface area contributed by atoms with Crippen LogP contribution in [-0.4, -0.2) is 18.6 Å². The number of rotatable bonds is 2. The zero-order valence-electron chi connectivity index (χ0n) is 10.4. The Morgan fingerprint density at radius 1 is 1.50 bits per heavy atom. The molecular weight excluding hydrogens is 248 g/mol. The summed E-state index contributed by atoms with van der Waals surface area (Å²) in [5.41, 5.74) is 9.62. The van der Waals surface area contributed by atoms with Crippen LogP contribution in [0.2, 0.25) is 5.02 Å². The smallest absolute Gasteiger partial charge is 0.138 e. The second-order valence-corrected chi connectivity index (χ2v) is 5.37. The lowest BCUT2D eigenvalue weighted by molar-refractivity contribution is 0.415. The van der Waals surface area contributed by atoms with Gasteiger partial charge in [-0.2, -0.15) is 0 Å². The largest absolute Gasteiger partial charge is 0.495 e. The molecule has 1 aromatic heterocycles. The molecule has 0 saturated carbocycles. The van der Waals surface area contributed by atoms with Gasteiger partial charge in [-0.1, -0.05) is 11.6 Å². The number of H-pyrrole nitrogens is 1. The molecule has 0 bridgehead atoms. The molecule has 3 nitrogen and oxygen atoms in total. The number of aryl methyl sites for hydroxylation is 1. The van der Waals surface area contributed by atoms with Gasteiger partial charge in [0.2, 0.25) is 0 Å². The SMILES string of the molecule is COc1cc2c3c([nH]c2cc1Cl)CCC(CN)C3. The Kier molecular flexibility index (Phi) is 2.96. The van der Waals surface area contributed by atoms with Crippen molar-refractivity contribution in [1.29, 1.82) is 0 Å². The van der Waals surface area contributed by atoms with Crippen LogP contribution in [0.25, 0.3) is 10.9 Å². The third-order valence-corrected chi connectivity index (χ3v) is 4.19. The summed E-state index contributed by atoms with van der Waals surface area (Å²) < 4.78 is 5.30. The molecule has 0 amide bonds. The van der Waals surface area contributed by atoms with E-state index in [9.17, 15) is 0 Å². The van der Waals surface area contributed by atoms with Gasteiger partial charge in [0.15, 0.2) is 0 Å². The number of hydrogen-bond acceptors (Lipinski definition) is 2. The fourth-order valence-electron chi connectivity index (χ4n) is 2.85. The minimum absolute atomic E-state index is 0.596. The number of nitrogens with one attached hydrogen (secondary N) is 1. The number of benzene rings is 1. The molecule has 96 valence electrons. The standard InChI is InChI=1S/C14H17ClN2O/c1-18-14-5-10-9-4-8(7-16)2-3-12(9)17-13(10)6-11(14)15/h5-6,8,17H,2-4,7,16H2,1H3. The van der Waals surface area contributed by atoms with Crippen LogP contribution in [-0.2, 0) is 12.8 Å². The van der Waals surface area contributed by atoms with Crippen molar-refractivity contribution in [1.82, 2.24) is 4.98 Å². The predicted molar refractivity (Wildman–Crippen MR) is 74.4 cm³/mol. The highest BCUT2D eigenvalue weighted by atomic mass is 35.5. The highest BCUT2D eigenvalue weighted by Gasteiger charge is 2.22. The summed E-state index contributed by atoms with van der Waals surface area (Å²) in [7, 11) is 1.65. The van der Waals surface area contributed by atoms with Crippen molar-refractivity contribution in [3.8, 4) is 5.75 Å². The summed E-state index contributed by atoms with van der Waals surface area (Å²) in [6, 6.07) is 3.98. The molecule has 1 aliphatic rings. The van der Waals surface area contributed by atoms with E-state index >= 15 is 0 Å². The van der Waals surface area contributed by atoms with Gasteiger partial charge in [-0.3, -0.25) is 0 Å². The third-order valence-electron chi connectivity index (χ3n) is 3.90. The summed E-state index contributed by atoms with van der Waals surface area (Å²) in [4.78, 5) is 3.47. The summed E-state index contributed by atoms with van der Waals surface area (Å²) in [5, 5.41) is 1.88. The van der Waals surface area contributed by atoms with Crippen molar-refractivity contribution in [2.45, 2.75) is 19.3 Å². The van der Waals surface area contributed by atoms with E-state index in [1.54, 1.807) is 7.11 Å². The zero-order valence-corrected chi connectivity index (χ0v) is 11.2. The number of methoxy groups -OCH3 is 1. The number of nitrogens with two attached hydrogens (primary N) is 1. The molecule has 3 rings (SSSR count). The topological polar surface area (TPSA) is 51.0 Å². The van der Waals surface area contributed by atoms with Crippen molar-refractivity contribution < 1.29 is 4.74 Å². The molecule has 0 fully saturated rings. The van der Waals surface area contributed by atoms with E-state index in [1.165, 1.54) is 23.1 Å². The molecule has 1 unspecified atom stereocenters. The summed E-state index contributed by atoms with van der Waals surface area (Å²) in [6.07, 6.45) is 3.30. The van der Waals surface area contributed by atoms with Crippen LogP contribution in [0, 0.1) is 5.92 Å². The monoisotopic (exact) mass is 264 g/mol. The van der Waals surface area contributed by atoms with Crippen molar-refractivity contribution in [3.05, 3.63) is 28.4 Å². The average molecular weight is 265 g/mol. The van der Waals surface area contributed by atoms with E-state index in [4.69, 9.17) is 22.1 Å². The van der Waals surface area contributed by atoms with Crippen LogP contribution in [0.3, 0.4) is 0 Å². The van der Waals surface area contributed by atoms with Crippen molar-refractivity contribution in [2.75, 3.05) is 13.7 Å². The zero-order chi connectivity index (χ0) is 12.7. The molecule has 1 atom stereocenters. The number of ether oxygens (including phenoxy) is 1. The maximum absolute atomic E-state index is 6.16. The number of halogens is 1. The number of aromatic nitrogens is 1.